The lowest BCUT2D eigenvalue weighted by Crippen LogP contribution is -2.41. The van der Waals surface area contributed by atoms with Crippen LogP contribution in [0.25, 0.3) is 0 Å². The Kier molecular flexibility index (Phi) is 7.98. The predicted octanol–water partition coefficient (Wildman–Crippen LogP) is 2.84. The number of rotatable bonds is 9. The van der Waals surface area contributed by atoms with E-state index in [1.165, 1.54) is 31.2 Å². The Labute approximate surface area is 147 Å². The molecule has 2 N–H and O–H groups in total. The average Bonchev–Trinajstić information content (AvgIpc) is 2.46. The molecule has 132 valence electrons. The zero-order chi connectivity index (χ0) is 18.3. The first kappa shape index (κ1) is 20.2. The van der Waals surface area contributed by atoms with E-state index in [4.69, 9.17) is 5.11 Å². The molecule has 5 nitrogen and oxygen atoms in total. The van der Waals surface area contributed by atoms with Crippen molar-refractivity contribution in [3.8, 4) is 0 Å². The normalized spacial score (nSPS) is 13.4. The average molecular weight is 351 g/mol. The molecule has 0 radical (unpaired) electrons. The molecule has 0 spiro atoms. The Balaban J connectivity index is 2.81. The first-order valence-corrected chi connectivity index (χ1v) is 8.96. The third-order valence-corrected chi connectivity index (χ3v) is 4.86. The lowest BCUT2D eigenvalue weighted by atomic mass is 10.0. The quantitative estimate of drug-likeness (QED) is 0.715. The standard InChI is InChI=1S/C18H25NO4S/c1-11(2)9-14-5-7-15(8-6-14)17(12(3)20)24-10-16(18(22)23)19-13(4)21/h5-8,11,16-17H,9-10H2,1-4H3,(H,19,21)(H,22,23)/t16-,17?/m0/s1. The van der Waals surface area contributed by atoms with E-state index in [2.05, 4.69) is 19.2 Å². The number of benzene rings is 1. The summed E-state index contributed by atoms with van der Waals surface area (Å²) in [6, 6.07) is 6.85. The highest BCUT2D eigenvalue weighted by atomic mass is 32.2. The van der Waals surface area contributed by atoms with Gasteiger partial charge in [0.15, 0.2) is 0 Å². The maximum atomic E-state index is 12.0. The number of carbonyl (C=O) groups is 3. The molecule has 0 fully saturated rings. The minimum Gasteiger partial charge on any atom is -0.480 e. The van der Waals surface area contributed by atoms with Gasteiger partial charge in [-0.3, -0.25) is 9.59 Å². The number of amides is 1. The van der Waals surface area contributed by atoms with Crippen molar-refractivity contribution in [1.82, 2.24) is 5.32 Å². The van der Waals surface area contributed by atoms with Crippen LogP contribution in [0.5, 0.6) is 0 Å². The zero-order valence-electron chi connectivity index (χ0n) is 14.5. The first-order valence-electron chi connectivity index (χ1n) is 7.91. The smallest absolute Gasteiger partial charge is 0.327 e. The van der Waals surface area contributed by atoms with Gasteiger partial charge in [-0.05, 0) is 30.4 Å². The van der Waals surface area contributed by atoms with Crippen molar-refractivity contribution in [3.05, 3.63) is 35.4 Å². The van der Waals surface area contributed by atoms with Gasteiger partial charge in [-0.25, -0.2) is 4.79 Å². The van der Waals surface area contributed by atoms with Gasteiger partial charge in [-0.1, -0.05) is 38.1 Å². The highest BCUT2D eigenvalue weighted by molar-refractivity contribution is 8.00. The Morgan fingerprint density at radius 3 is 2.12 bits per heavy atom. The number of thioether (sulfide) groups is 1. The number of Topliss-reactive ketones (excluding diaryl/α,β-unsaturated/α-hetero) is 1. The molecule has 2 atom stereocenters. The number of carboxylic acid groups (broad SMARTS) is 1. The molecule has 0 saturated carbocycles. The molecule has 0 aromatic heterocycles. The van der Waals surface area contributed by atoms with Gasteiger partial charge in [-0.2, -0.15) is 0 Å². The van der Waals surface area contributed by atoms with Crippen LogP contribution in [0.2, 0.25) is 0 Å². The van der Waals surface area contributed by atoms with Crippen LogP contribution in [0.1, 0.15) is 44.1 Å². The SMILES string of the molecule is CC(=O)N[C@@H](CSC(C(C)=O)c1ccc(CC(C)C)cc1)C(=O)O. The Hall–Kier alpha value is -1.82. The summed E-state index contributed by atoms with van der Waals surface area (Å²) >= 11 is 1.24. The monoisotopic (exact) mass is 351 g/mol. The number of aliphatic carboxylic acids is 1. The number of nitrogens with one attached hydrogen (secondary N) is 1. The molecule has 0 aliphatic rings. The molecular formula is C18H25NO4S. The van der Waals surface area contributed by atoms with E-state index >= 15 is 0 Å². The summed E-state index contributed by atoms with van der Waals surface area (Å²) in [5.41, 5.74) is 2.06. The number of hydrogen-bond acceptors (Lipinski definition) is 4. The second-order valence-corrected chi connectivity index (χ2v) is 7.39. The molecule has 0 saturated heterocycles. The molecule has 1 amide bonds. The Morgan fingerprint density at radius 2 is 1.71 bits per heavy atom. The summed E-state index contributed by atoms with van der Waals surface area (Å²) in [6.45, 7) is 7.07. The van der Waals surface area contributed by atoms with E-state index in [0.29, 0.717) is 5.92 Å². The molecule has 0 heterocycles. The number of hydrogen-bond donors (Lipinski definition) is 2. The van der Waals surface area contributed by atoms with Crippen molar-refractivity contribution in [2.24, 2.45) is 5.92 Å². The van der Waals surface area contributed by atoms with Gasteiger partial charge >= 0.3 is 5.97 Å². The summed E-state index contributed by atoms with van der Waals surface area (Å²) in [7, 11) is 0. The fourth-order valence-corrected chi connectivity index (χ4v) is 3.56. The highest BCUT2D eigenvalue weighted by Gasteiger charge is 2.24. The van der Waals surface area contributed by atoms with E-state index < -0.39 is 23.2 Å². The van der Waals surface area contributed by atoms with Gasteiger partial charge in [0.2, 0.25) is 5.91 Å². The molecule has 0 bridgehead atoms. The summed E-state index contributed by atoms with van der Waals surface area (Å²) in [4.78, 5) is 34.2. The predicted molar refractivity (Wildman–Crippen MR) is 96.1 cm³/mol. The van der Waals surface area contributed by atoms with Crippen molar-refractivity contribution in [2.75, 3.05) is 5.75 Å². The maximum Gasteiger partial charge on any atom is 0.327 e. The first-order chi connectivity index (χ1) is 11.2. The van der Waals surface area contributed by atoms with Crippen molar-refractivity contribution in [1.29, 1.82) is 0 Å². The van der Waals surface area contributed by atoms with Crippen LogP contribution < -0.4 is 5.32 Å². The van der Waals surface area contributed by atoms with Crippen molar-refractivity contribution in [2.45, 2.75) is 45.4 Å². The number of carbonyl (C=O) groups excluding carboxylic acids is 2. The minimum absolute atomic E-state index is 0.0384. The van der Waals surface area contributed by atoms with Crippen molar-refractivity contribution in [3.63, 3.8) is 0 Å². The molecule has 6 heteroatoms. The molecule has 1 unspecified atom stereocenters. The Bertz CT molecular complexity index is 583. The fourth-order valence-electron chi connectivity index (χ4n) is 2.36. The zero-order valence-corrected chi connectivity index (χ0v) is 15.4. The molecule has 0 aliphatic carbocycles. The third-order valence-electron chi connectivity index (χ3n) is 3.40. The summed E-state index contributed by atoms with van der Waals surface area (Å²) in [6.07, 6.45) is 0.974. The van der Waals surface area contributed by atoms with Gasteiger partial charge in [0.05, 0.1) is 5.25 Å². The number of ketones is 1. The molecule has 1 rings (SSSR count). The van der Waals surface area contributed by atoms with Gasteiger partial charge in [0, 0.05) is 12.7 Å². The molecule has 1 aromatic rings. The Morgan fingerprint density at radius 1 is 1.12 bits per heavy atom. The lowest BCUT2D eigenvalue weighted by Gasteiger charge is -2.18. The second-order valence-electron chi connectivity index (χ2n) is 6.25. The van der Waals surface area contributed by atoms with Gasteiger partial charge in [0.1, 0.15) is 11.8 Å². The summed E-state index contributed by atoms with van der Waals surface area (Å²) in [5.74, 6) is -0.855. The van der Waals surface area contributed by atoms with Gasteiger partial charge in [0.25, 0.3) is 0 Å². The van der Waals surface area contributed by atoms with Crippen LogP contribution in [-0.2, 0) is 20.8 Å². The van der Waals surface area contributed by atoms with Gasteiger partial charge in [-0.15, -0.1) is 11.8 Å². The fraction of sp³-hybridized carbons (Fsp3) is 0.500. The summed E-state index contributed by atoms with van der Waals surface area (Å²) < 4.78 is 0. The minimum atomic E-state index is -1.10. The van der Waals surface area contributed by atoms with E-state index in [-0.39, 0.29) is 11.5 Å². The second kappa shape index (κ2) is 9.47. The van der Waals surface area contributed by atoms with Gasteiger partial charge < -0.3 is 10.4 Å². The van der Waals surface area contributed by atoms with Crippen molar-refractivity contribution >= 4 is 29.4 Å². The molecule has 1 aromatic carbocycles. The maximum absolute atomic E-state index is 12.0. The third kappa shape index (κ3) is 6.74. The topological polar surface area (TPSA) is 83.5 Å². The van der Waals surface area contributed by atoms with Crippen LogP contribution in [0.3, 0.4) is 0 Å². The van der Waals surface area contributed by atoms with Crippen molar-refractivity contribution < 1.29 is 19.5 Å². The number of carboxylic acids is 1. The van der Waals surface area contributed by atoms with Crippen LogP contribution >= 0.6 is 11.8 Å². The summed E-state index contributed by atoms with van der Waals surface area (Å²) in [5, 5.41) is 11.1. The van der Waals surface area contributed by atoms with Crippen LogP contribution in [0, 0.1) is 5.92 Å². The van der Waals surface area contributed by atoms with E-state index in [1.807, 2.05) is 24.3 Å². The van der Waals surface area contributed by atoms with Crippen LogP contribution in [0.4, 0.5) is 0 Å². The molecular weight excluding hydrogens is 326 g/mol. The molecule has 24 heavy (non-hydrogen) atoms. The van der Waals surface area contributed by atoms with Crippen LogP contribution in [0.15, 0.2) is 24.3 Å². The molecule has 0 aliphatic heterocycles. The largest absolute Gasteiger partial charge is 0.480 e. The van der Waals surface area contributed by atoms with E-state index in [1.54, 1.807) is 0 Å². The van der Waals surface area contributed by atoms with Crippen LogP contribution in [-0.4, -0.2) is 34.6 Å². The van der Waals surface area contributed by atoms with E-state index in [9.17, 15) is 14.4 Å². The highest BCUT2D eigenvalue weighted by Crippen LogP contribution is 2.30. The lowest BCUT2D eigenvalue weighted by molar-refractivity contribution is -0.140. The van der Waals surface area contributed by atoms with E-state index in [0.717, 1.165) is 12.0 Å².